The minimum atomic E-state index is -0.660. The van der Waals surface area contributed by atoms with Crippen LogP contribution in [0.2, 0.25) is 0 Å². The molecule has 0 aliphatic heterocycles. The van der Waals surface area contributed by atoms with Gasteiger partial charge in [-0.25, -0.2) is 0 Å². The molecule has 1 atom stereocenters. The van der Waals surface area contributed by atoms with Crippen LogP contribution in [0.1, 0.15) is 17.2 Å². The molecule has 4 nitrogen and oxygen atoms in total. The largest absolute Gasteiger partial charge is 0.497 e. The average Bonchev–Trinajstić information content (AvgIpc) is 2.46. The first-order valence-corrected chi connectivity index (χ1v) is 6.92. The number of ether oxygens (including phenoxy) is 2. The first-order chi connectivity index (χ1) is 9.63. The Kier molecular flexibility index (Phi) is 4.98. The number of benzene rings is 1. The van der Waals surface area contributed by atoms with E-state index in [-0.39, 0.29) is 0 Å². The van der Waals surface area contributed by atoms with E-state index in [9.17, 15) is 5.11 Å². The number of pyridine rings is 1. The van der Waals surface area contributed by atoms with Crippen molar-refractivity contribution in [3.05, 3.63) is 52.3 Å². The Hall–Kier alpha value is -1.59. The zero-order chi connectivity index (χ0) is 14.5. The Bertz CT molecular complexity index is 589. The molecule has 1 N–H and O–H groups in total. The van der Waals surface area contributed by atoms with Crippen LogP contribution in [0.4, 0.5) is 0 Å². The Labute approximate surface area is 126 Å². The lowest BCUT2D eigenvalue weighted by Crippen LogP contribution is -2.04. The molecule has 1 heterocycles. The number of nitrogens with zero attached hydrogens (tertiary/aromatic N) is 1. The van der Waals surface area contributed by atoms with Crippen LogP contribution in [0.25, 0.3) is 0 Å². The van der Waals surface area contributed by atoms with E-state index >= 15 is 0 Å². The summed E-state index contributed by atoms with van der Waals surface area (Å²) in [6, 6.07) is 7.32. The molecule has 1 aromatic carbocycles. The van der Waals surface area contributed by atoms with Gasteiger partial charge in [0.05, 0.1) is 20.3 Å². The van der Waals surface area contributed by atoms with Crippen molar-refractivity contribution in [3.8, 4) is 11.5 Å². The summed E-state index contributed by atoms with van der Waals surface area (Å²) in [4.78, 5) is 4.09. The molecule has 20 heavy (non-hydrogen) atoms. The maximum atomic E-state index is 10.4. The molecule has 0 spiro atoms. The molecule has 106 valence electrons. The molecule has 0 saturated carbocycles. The summed E-state index contributed by atoms with van der Waals surface area (Å²) in [7, 11) is 3.17. The van der Waals surface area contributed by atoms with Crippen LogP contribution in [0.15, 0.2) is 41.1 Å². The van der Waals surface area contributed by atoms with Crippen molar-refractivity contribution < 1.29 is 14.6 Å². The molecular formula is C15H16BrNO3. The van der Waals surface area contributed by atoms with Crippen molar-refractivity contribution >= 4 is 15.9 Å². The highest BCUT2D eigenvalue weighted by Gasteiger charge is 2.15. The number of aliphatic hydroxyl groups is 1. The zero-order valence-electron chi connectivity index (χ0n) is 11.3. The average molecular weight is 338 g/mol. The van der Waals surface area contributed by atoms with Crippen molar-refractivity contribution in [2.45, 2.75) is 12.5 Å². The minimum Gasteiger partial charge on any atom is -0.497 e. The van der Waals surface area contributed by atoms with Crippen LogP contribution in [-0.2, 0) is 6.42 Å². The number of aliphatic hydroxyl groups excluding tert-OH is 1. The summed E-state index contributed by atoms with van der Waals surface area (Å²) in [5, 5.41) is 10.4. The van der Waals surface area contributed by atoms with Gasteiger partial charge < -0.3 is 14.6 Å². The van der Waals surface area contributed by atoms with Gasteiger partial charge in [-0.1, -0.05) is 0 Å². The molecule has 1 aromatic heterocycles. The molecule has 2 rings (SSSR count). The van der Waals surface area contributed by atoms with Gasteiger partial charge in [-0.05, 0) is 39.7 Å². The number of halogens is 1. The monoisotopic (exact) mass is 337 g/mol. The molecule has 0 amide bonds. The Morgan fingerprint density at radius 1 is 1.20 bits per heavy atom. The maximum Gasteiger partial charge on any atom is 0.128 e. The molecule has 2 aromatic rings. The fraction of sp³-hybridized carbons (Fsp3) is 0.267. The second kappa shape index (κ2) is 6.72. The molecule has 0 aliphatic rings. The molecule has 1 unspecified atom stereocenters. The number of rotatable bonds is 5. The number of hydrogen-bond donors (Lipinski definition) is 1. The highest BCUT2D eigenvalue weighted by Crippen LogP contribution is 2.31. The van der Waals surface area contributed by atoms with Crippen LogP contribution in [0, 0.1) is 0 Å². The van der Waals surface area contributed by atoms with E-state index in [0.717, 1.165) is 15.6 Å². The van der Waals surface area contributed by atoms with E-state index in [4.69, 9.17) is 9.47 Å². The van der Waals surface area contributed by atoms with Crippen LogP contribution < -0.4 is 9.47 Å². The Morgan fingerprint density at radius 2 is 2.00 bits per heavy atom. The van der Waals surface area contributed by atoms with E-state index in [1.165, 1.54) is 0 Å². The zero-order valence-corrected chi connectivity index (χ0v) is 12.9. The van der Waals surface area contributed by atoms with Crippen LogP contribution in [-0.4, -0.2) is 24.3 Å². The third-order valence-corrected chi connectivity index (χ3v) is 3.42. The van der Waals surface area contributed by atoms with Gasteiger partial charge in [0.15, 0.2) is 0 Å². The quantitative estimate of drug-likeness (QED) is 0.910. The molecule has 0 saturated heterocycles. The van der Waals surface area contributed by atoms with Crippen molar-refractivity contribution in [2.24, 2.45) is 0 Å². The summed E-state index contributed by atoms with van der Waals surface area (Å²) >= 11 is 3.37. The first-order valence-electron chi connectivity index (χ1n) is 6.13. The molecule has 0 radical (unpaired) electrons. The minimum absolute atomic E-state index is 0.467. The van der Waals surface area contributed by atoms with Gasteiger partial charge in [-0.2, -0.15) is 0 Å². The predicted octanol–water partition coefficient (Wildman–Crippen LogP) is 3.14. The standard InChI is InChI=1S/C15H16BrNO3/c1-19-12-3-4-13(15(7-12)20-2)14(18)6-10-5-11(16)9-17-8-10/h3-5,7-9,14,18H,6H2,1-2H3. The fourth-order valence-corrected chi connectivity index (χ4v) is 2.41. The third-order valence-electron chi connectivity index (χ3n) is 2.99. The normalized spacial score (nSPS) is 12.0. The molecule has 0 fully saturated rings. The summed E-state index contributed by atoms with van der Waals surface area (Å²) in [6.07, 6.45) is 3.26. The Morgan fingerprint density at radius 3 is 2.65 bits per heavy atom. The molecule has 0 bridgehead atoms. The number of aromatic nitrogens is 1. The predicted molar refractivity (Wildman–Crippen MR) is 80.1 cm³/mol. The molecule has 5 heteroatoms. The van der Waals surface area contributed by atoms with E-state index in [1.807, 2.05) is 12.1 Å². The van der Waals surface area contributed by atoms with Gasteiger partial charge in [0, 0.05) is 34.9 Å². The van der Waals surface area contributed by atoms with Crippen molar-refractivity contribution in [1.29, 1.82) is 0 Å². The van der Waals surface area contributed by atoms with Crippen molar-refractivity contribution in [2.75, 3.05) is 14.2 Å². The van der Waals surface area contributed by atoms with E-state index in [2.05, 4.69) is 20.9 Å². The van der Waals surface area contributed by atoms with E-state index in [0.29, 0.717) is 17.9 Å². The van der Waals surface area contributed by atoms with Gasteiger partial charge in [-0.15, -0.1) is 0 Å². The van der Waals surface area contributed by atoms with Gasteiger partial charge in [0.25, 0.3) is 0 Å². The summed E-state index contributed by atoms with van der Waals surface area (Å²) in [6.45, 7) is 0. The lowest BCUT2D eigenvalue weighted by Gasteiger charge is -2.15. The second-order valence-corrected chi connectivity index (χ2v) is 5.25. The van der Waals surface area contributed by atoms with Crippen LogP contribution in [0.3, 0.4) is 0 Å². The topological polar surface area (TPSA) is 51.6 Å². The first kappa shape index (κ1) is 14.8. The summed E-state index contributed by atoms with van der Waals surface area (Å²) in [5.74, 6) is 1.31. The van der Waals surface area contributed by atoms with Crippen molar-refractivity contribution in [1.82, 2.24) is 4.98 Å². The second-order valence-electron chi connectivity index (χ2n) is 4.34. The number of methoxy groups -OCH3 is 2. The van der Waals surface area contributed by atoms with Crippen LogP contribution in [0.5, 0.6) is 11.5 Å². The van der Waals surface area contributed by atoms with Crippen molar-refractivity contribution in [3.63, 3.8) is 0 Å². The maximum absolute atomic E-state index is 10.4. The Balaban J connectivity index is 2.22. The van der Waals surface area contributed by atoms with Crippen LogP contribution >= 0.6 is 15.9 Å². The molecule has 0 aliphatic carbocycles. The van der Waals surface area contributed by atoms with Gasteiger partial charge >= 0.3 is 0 Å². The highest BCUT2D eigenvalue weighted by atomic mass is 79.9. The molecular weight excluding hydrogens is 322 g/mol. The lowest BCUT2D eigenvalue weighted by molar-refractivity contribution is 0.173. The lowest BCUT2D eigenvalue weighted by atomic mass is 10.0. The fourth-order valence-electron chi connectivity index (χ4n) is 1.99. The summed E-state index contributed by atoms with van der Waals surface area (Å²) < 4.78 is 11.3. The van der Waals surface area contributed by atoms with E-state index in [1.54, 1.807) is 38.7 Å². The van der Waals surface area contributed by atoms with Gasteiger partial charge in [0.2, 0.25) is 0 Å². The van der Waals surface area contributed by atoms with Gasteiger partial charge in [-0.3, -0.25) is 4.98 Å². The number of hydrogen-bond acceptors (Lipinski definition) is 4. The highest BCUT2D eigenvalue weighted by molar-refractivity contribution is 9.10. The van der Waals surface area contributed by atoms with E-state index < -0.39 is 6.10 Å². The third kappa shape index (κ3) is 3.49. The summed E-state index contributed by atoms with van der Waals surface area (Å²) in [5.41, 5.74) is 1.68. The SMILES string of the molecule is COc1ccc(C(O)Cc2cncc(Br)c2)c(OC)c1. The van der Waals surface area contributed by atoms with Gasteiger partial charge in [0.1, 0.15) is 11.5 Å². The smallest absolute Gasteiger partial charge is 0.128 e.